The standard InChI is InChI=1S/4C5H5F3O2.Zr/c4*1-3(9)2-4(10)5(6,7)8;/h4*2,9H,1H3;/b2*3-2+;2*3-2-;. The van der Waals surface area contributed by atoms with Gasteiger partial charge in [0.2, 0.25) is 0 Å². The van der Waals surface area contributed by atoms with Crippen LogP contribution < -0.4 is 0 Å². The molecule has 0 saturated carbocycles. The van der Waals surface area contributed by atoms with E-state index >= 15 is 0 Å². The summed E-state index contributed by atoms with van der Waals surface area (Å²) in [5, 5.41) is 32.9. The topological polar surface area (TPSA) is 149 Å². The predicted molar refractivity (Wildman–Crippen MR) is 110 cm³/mol. The Balaban J connectivity index is -0.000000139. The molecular formula is C20H20F12O8Zr. The van der Waals surface area contributed by atoms with Crippen molar-refractivity contribution in [1.82, 2.24) is 0 Å². The maximum atomic E-state index is 11.3. The van der Waals surface area contributed by atoms with Gasteiger partial charge in [0.25, 0.3) is 23.1 Å². The molecule has 0 aliphatic heterocycles. The van der Waals surface area contributed by atoms with E-state index in [9.17, 15) is 71.9 Å². The number of hydrogen-bond donors (Lipinski definition) is 4. The summed E-state index contributed by atoms with van der Waals surface area (Å²) in [5.74, 6) is -10.8. The average Bonchev–Trinajstić information content (AvgIpc) is 2.64. The summed E-state index contributed by atoms with van der Waals surface area (Å²) in [7, 11) is 0. The molecular weight excluding hydrogens is 687 g/mol. The maximum absolute atomic E-state index is 11.3. The third-order valence-electron chi connectivity index (χ3n) is 2.48. The van der Waals surface area contributed by atoms with Gasteiger partial charge in [-0.2, -0.15) is 52.7 Å². The molecule has 41 heavy (non-hydrogen) atoms. The van der Waals surface area contributed by atoms with E-state index in [1.165, 1.54) is 0 Å². The van der Waals surface area contributed by atoms with E-state index in [1.54, 1.807) is 0 Å². The molecule has 0 aromatic heterocycles. The molecule has 21 heteroatoms. The molecule has 0 atom stereocenters. The molecule has 0 aliphatic carbocycles. The second-order valence-electron chi connectivity index (χ2n) is 6.59. The maximum Gasteiger partial charge on any atom is 0.454 e. The Morgan fingerprint density at radius 3 is 0.512 bits per heavy atom. The number of carbonyl (C=O) groups is 4. The molecule has 0 fully saturated rings. The first-order valence-electron chi connectivity index (χ1n) is 9.29. The summed E-state index contributed by atoms with van der Waals surface area (Å²) >= 11 is 0. The van der Waals surface area contributed by atoms with Gasteiger partial charge in [0.15, 0.2) is 0 Å². The summed E-state index contributed by atoms with van der Waals surface area (Å²) in [6.07, 6.45) is -19.0. The fourth-order valence-electron chi connectivity index (χ4n) is 1.09. The molecule has 0 aromatic rings. The number of halogens is 12. The average molecular weight is 708 g/mol. The summed E-state index contributed by atoms with van der Waals surface area (Å²) in [6.45, 7) is 3.96. The van der Waals surface area contributed by atoms with Crippen molar-refractivity contribution in [1.29, 1.82) is 0 Å². The molecule has 0 unspecified atom stereocenters. The van der Waals surface area contributed by atoms with Crippen LogP contribution in [0.3, 0.4) is 0 Å². The predicted octanol–water partition coefficient (Wildman–Crippen LogP) is 6.32. The van der Waals surface area contributed by atoms with Gasteiger partial charge in [-0.25, -0.2) is 0 Å². The van der Waals surface area contributed by atoms with Crippen LogP contribution in [0.15, 0.2) is 47.3 Å². The zero-order chi connectivity index (χ0) is 33.4. The second kappa shape index (κ2) is 19.9. The van der Waals surface area contributed by atoms with E-state index in [0.717, 1.165) is 27.7 Å². The van der Waals surface area contributed by atoms with Crippen LogP contribution in [-0.2, 0) is 45.4 Å². The Morgan fingerprint density at radius 2 is 0.488 bits per heavy atom. The van der Waals surface area contributed by atoms with Crippen LogP contribution in [0, 0.1) is 0 Å². The van der Waals surface area contributed by atoms with E-state index < -0.39 is 70.9 Å². The Kier molecular flexibility index (Phi) is 23.1. The molecule has 8 nitrogen and oxygen atoms in total. The first-order valence-corrected chi connectivity index (χ1v) is 9.29. The van der Waals surface area contributed by atoms with Crippen molar-refractivity contribution < 1.29 is 118 Å². The molecule has 0 amide bonds. The smallest absolute Gasteiger partial charge is 0.454 e. The van der Waals surface area contributed by atoms with Gasteiger partial charge < -0.3 is 20.4 Å². The molecule has 236 valence electrons. The summed E-state index contributed by atoms with van der Waals surface area (Å²) in [4.78, 5) is 39.7. The summed E-state index contributed by atoms with van der Waals surface area (Å²) < 4.78 is 136. The fraction of sp³-hybridized carbons (Fsp3) is 0.400. The number of rotatable bonds is 4. The van der Waals surface area contributed by atoms with Crippen molar-refractivity contribution in [3.8, 4) is 0 Å². The molecule has 0 aliphatic rings. The third-order valence-corrected chi connectivity index (χ3v) is 2.48. The normalized spacial score (nSPS) is 13.1. The number of alkyl halides is 12. The Morgan fingerprint density at radius 1 is 0.390 bits per heavy atom. The van der Waals surface area contributed by atoms with Crippen molar-refractivity contribution in [3.05, 3.63) is 47.3 Å². The van der Waals surface area contributed by atoms with Crippen molar-refractivity contribution in [2.24, 2.45) is 0 Å². The van der Waals surface area contributed by atoms with Gasteiger partial charge in [0.1, 0.15) is 0 Å². The Bertz CT molecular complexity index is 824. The van der Waals surface area contributed by atoms with Crippen LogP contribution in [-0.4, -0.2) is 68.3 Å². The number of aliphatic hydroxyl groups is 4. The first kappa shape index (κ1) is 47.7. The van der Waals surface area contributed by atoms with Crippen LogP contribution in [0.1, 0.15) is 27.7 Å². The molecule has 0 heterocycles. The number of aliphatic hydroxyl groups excluding tert-OH is 4. The zero-order valence-corrected chi connectivity index (χ0v) is 23.2. The molecule has 0 saturated heterocycles. The van der Waals surface area contributed by atoms with Gasteiger partial charge in [0.05, 0.1) is 23.0 Å². The van der Waals surface area contributed by atoms with Crippen LogP contribution in [0.25, 0.3) is 0 Å². The number of allylic oxidation sites excluding steroid dienone is 8. The molecule has 0 bridgehead atoms. The molecule has 0 rings (SSSR count). The van der Waals surface area contributed by atoms with Crippen molar-refractivity contribution in [3.63, 3.8) is 0 Å². The fourth-order valence-corrected chi connectivity index (χ4v) is 1.09. The number of hydrogen-bond acceptors (Lipinski definition) is 8. The minimum atomic E-state index is -4.88. The van der Waals surface area contributed by atoms with Crippen LogP contribution in [0.2, 0.25) is 0 Å². The Hall–Kier alpha value is -3.12. The summed E-state index contributed by atoms with van der Waals surface area (Å²) in [5.41, 5.74) is 0. The monoisotopic (exact) mass is 706 g/mol. The Labute approximate surface area is 241 Å². The van der Waals surface area contributed by atoms with E-state index in [1.807, 2.05) is 0 Å². The van der Waals surface area contributed by atoms with Gasteiger partial charge in [-0.15, -0.1) is 0 Å². The van der Waals surface area contributed by atoms with Crippen molar-refractivity contribution >= 4 is 23.1 Å². The van der Waals surface area contributed by atoms with Crippen molar-refractivity contribution in [2.75, 3.05) is 0 Å². The first-order chi connectivity index (χ1) is 17.3. The molecule has 4 N–H and O–H groups in total. The van der Waals surface area contributed by atoms with E-state index in [-0.39, 0.29) is 50.5 Å². The van der Waals surface area contributed by atoms with Gasteiger partial charge in [-0.3, -0.25) is 19.2 Å². The molecule has 0 spiro atoms. The van der Waals surface area contributed by atoms with Gasteiger partial charge in [-0.1, -0.05) is 0 Å². The SMILES string of the molecule is C/C(O)=C/C(=O)C(F)(F)F.C/C(O)=C/C(=O)C(F)(F)F.C/C(O)=C\C(=O)C(F)(F)F.C/C(O)=C\C(=O)C(F)(F)F.[Zr]. The van der Waals surface area contributed by atoms with Gasteiger partial charge >= 0.3 is 24.7 Å². The van der Waals surface area contributed by atoms with Crippen LogP contribution in [0.5, 0.6) is 0 Å². The quantitative estimate of drug-likeness (QED) is 0.151. The molecule has 0 aromatic carbocycles. The minimum absolute atomic E-state index is 0. The minimum Gasteiger partial charge on any atom is -0.512 e. The molecule has 0 radical (unpaired) electrons. The zero-order valence-electron chi connectivity index (χ0n) is 20.8. The third kappa shape index (κ3) is 33.0. The van der Waals surface area contributed by atoms with E-state index in [2.05, 4.69) is 0 Å². The van der Waals surface area contributed by atoms with E-state index in [0.29, 0.717) is 0 Å². The second-order valence-corrected chi connectivity index (χ2v) is 6.59. The van der Waals surface area contributed by atoms with Gasteiger partial charge in [0, 0.05) is 50.5 Å². The van der Waals surface area contributed by atoms with Crippen LogP contribution in [0.4, 0.5) is 52.7 Å². The van der Waals surface area contributed by atoms with Gasteiger partial charge in [-0.05, 0) is 27.7 Å². The van der Waals surface area contributed by atoms with Crippen LogP contribution >= 0.6 is 0 Å². The van der Waals surface area contributed by atoms with E-state index in [4.69, 9.17) is 20.4 Å². The number of carbonyl (C=O) groups excluding carboxylic acids is 4. The largest absolute Gasteiger partial charge is 0.512 e. The van der Waals surface area contributed by atoms with Crippen molar-refractivity contribution in [2.45, 2.75) is 52.4 Å². The summed E-state index contributed by atoms with van der Waals surface area (Å²) in [6, 6.07) is 0. The number of ketones is 4.